The minimum Gasteiger partial charge on any atom is -0.445 e. The van der Waals surface area contributed by atoms with E-state index < -0.39 is 24.4 Å². The highest BCUT2D eigenvalue weighted by atomic mass is 16.7. The van der Waals surface area contributed by atoms with Crippen molar-refractivity contribution in [3.63, 3.8) is 0 Å². The van der Waals surface area contributed by atoms with E-state index >= 15 is 0 Å². The fourth-order valence-corrected chi connectivity index (χ4v) is 3.03. The summed E-state index contributed by atoms with van der Waals surface area (Å²) < 4.78 is 22.9. The summed E-state index contributed by atoms with van der Waals surface area (Å²) in [7, 11) is -0.613. The average molecular weight is 412 g/mol. The monoisotopic (exact) mass is 412 g/mol. The molecule has 0 radical (unpaired) electrons. The molecule has 0 atom stereocenters. The number of carbonyl (C=O) groups is 1. The molecule has 8 heteroatoms. The third-order valence-electron chi connectivity index (χ3n) is 5.62. The minimum atomic E-state index is -0.613. The van der Waals surface area contributed by atoms with E-state index in [4.69, 9.17) is 18.6 Å². The molecule has 7 nitrogen and oxygen atoms in total. The van der Waals surface area contributed by atoms with Crippen molar-refractivity contribution in [1.29, 1.82) is 0 Å². The van der Waals surface area contributed by atoms with Crippen LogP contribution in [0, 0.1) is 13.8 Å². The van der Waals surface area contributed by atoms with Crippen molar-refractivity contribution in [3.05, 3.63) is 58.4 Å². The van der Waals surface area contributed by atoms with Gasteiger partial charge < -0.3 is 23.9 Å². The summed E-state index contributed by atoms with van der Waals surface area (Å²) in [6, 6.07) is 9.53. The Morgan fingerprint density at radius 3 is 2.33 bits per heavy atom. The van der Waals surface area contributed by atoms with Gasteiger partial charge in [0.15, 0.2) is 0 Å². The number of hydrogen-bond acceptors (Lipinski definition) is 6. The van der Waals surface area contributed by atoms with Gasteiger partial charge in [0, 0.05) is 12.1 Å². The number of aromatic nitrogens is 1. The van der Waals surface area contributed by atoms with Gasteiger partial charge in [0.05, 0.1) is 16.9 Å². The Morgan fingerprint density at radius 2 is 1.77 bits per heavy atom. The summed E-state index contributed by atoms with van der Waals surface area (Å²) in [6.07, 6.45) is 1.39. The molecular weight excluding hydrogens is 383 g/mol. The van der Waals surface area contributed by atoms with E-state index in [9.17, 15) is 4.79 Å². The molecule has 1 aromatic heterocycles. The summed E-state index contributed by atoms with van der Waals surface area (Å²) in [6.45, 7) is 12.1. The molecule has 1 aliphatic rings. The van der Waals surface area contributed by atoms with Crippen LogP contribution in [0.4, 0.5) is 4.79 Å². The van der Waals surface area contributed by atoms with Crippen LogP contribution in [0.25, 0.3) is 6.08 Å². The van der Waals surface area contributed by atoms with Crippen LogP contribution in [0.3, 0.4) is 0 Å². The first-order valence-electron chi connectivity index (χ1n) is 10.0. The van der Waals surface area contributed by atoms with Crippen molar-refractivity contribution < 1.29 is 23.4 Å². The molecule has 0 saturated carbocycles. The van der Waals surface area contributed by atoms with Crippen LogP contribution in [-0.4, -0.2) is 36.1 Å². The number of amides is 1. The highest BCUT2D eigenvalue weighted by Gasteiger charge is 2.52. The molecule has 0 unspecified atom stereocenters. The van der Waals surface area contributed by atoms with Gasteiger partial charge in [0.2, 0.25) is 0 Å². The third kappa shape index (κ3) is 4.94. The van der Waals surface area contributed by atoms with Crippen LogP contribution in [-0.2, 0) is 20.7 Å². The standard InChI is InChI=1S/C22H29BN2O5/c1-15-19(16(2)28-25-15)12-18(23-29-21(3,4)22(5,6)30-23)13-24-20(26)27-14-17-10-8-7-9-11-17/h7-12H,13-14H2,1-6H3,(H,24,26). The first-order chi connectivity index (χ1) is 14.1. The molecule has 0 spiro atoms. The Labute approximate surface area is 177 Å². The van der Waals surface area contributed by atoms with Gasteiger partial charge >= 0.3 is 13.2 Å². The maximum atomic E-state index is 12.3. The van der Waals surface area contributed by atoms with Gasteiger partial charge in [0.1, 0.15) is 12.4 Å². The molecule has 1 fully saturated rings. The lowest BCUT2D eigenvalue weighted by molar-refractivity contribution is 0.00578. The second kappa shape index (κ2) is 8.66. The van der Waals surface area contributed by atoms with Crippen LogP contribution < -0.4 is 5.32 Å². The lowest BCUT2D eigenvalue weighted by Crippen LogP contribution is -2.41. The van der Waals surface area contributed by atoms with Gasteiger partial charge in [-0.2, -0.15) is 0 Å². The van der Waals surface area contributed by atoms with Crippen molar-refractivity contribution in [1.82, 2.24) is 10.5 Å². The Balaban J connectivity index is 1.73. The maximum Gasteiger partial charge on any atom is 0.492 e. The van der Waals surface area contributed by atoms with Crippen LogP contribution >= 0.6 is 0 Å². The predicted octanol–water partition coefficient (Wildman–Crippen LogP) is 4.23. The third-order valence-corrected chi connectivity index (χ3v) is 5.62. The number of nitrogens with zero attached hydrogens (tertiary/aromatic N) is 1. The summed E-state index contributed by atoms with van der Waals surface area (Å²) in [5.74, 6) is 0.688. The first kappa shape index (κ1) is 22.1. The summed E-state index contributed by atoms with van der Waals surface area (Å²) >= 11 is 0. The smallest absolute Gasteiger partial charge is 0.445 e. The van der Waals surface area contributed by atoms with E-state index in [0.29, 0.717) is 5.76 Å². The number of aryl methyl sites for hydroxylation is 2. The van der Waals surface area contributed by atoms with E-state index in [1.54, 1.807) is 0 Å². The predicted molar refractivity (Wildman–Crippen MR) is 115 cm³/mol. The molecule has 1 amide bonds. The van der Waals surface area contributed by atoms with Gasteiger partial charge in [-0.05, 0) is 52.6 Å². The number of hydrogen-bond donors (Lipinski definition) is 1. The zero-order chi connectivity index (χ0) is 21.9. The van der Waals surface area contributed by atoms with Gasteiger partial charge in [-0.1, -0.05) is 41.6 Å². The molecule has 1 N–H and O–H groups in total. The fourth-order valence-electron chi connectivity index (χ4n) is 3.03. The Kier molecular flexibility index (Phi) is 6.38. The van der Waals surface area contributed by atoms with Gasteiger partial charge in [-0.25, -0.2) is 4.79 Å². The number of nitrogens with one attached hydrogen (secondary N) is 1. The van der Waals surface area contributed by atoms with E-state index in [-0.39, 0.29) is 13.2 Å². The minimum absolute atomic E-state index is 0.200. The second-order valence-corrected chi connectivity index (χ2v) is 8.46. The Hall–Kier alpha value is -2.58. The highest BCUT2D eigenvalue weighted by molar-refractivity contribution is 6.56. The molecule has 30 heavy (non-hydrogen) atoms. The fraction of sp³-hybridized carbons (Fsp3) is 0.455. The molecule has 0 aliphatic carbocycles. The van der Waals surface area contributed by atoms with Crippen LogP contribution in [0.5, 0.6) is 0 Å². The largest absolute Gasteiger partial charge is 0.492 e. The van der Waals surface area contributed by atoms with Crippen molar-refractivity contribution in [2.24, 2.45) is 0 Å². The lowest BCUT2D eigenvalue weighted by Gasteiger charge is -2.32. The van der Waals surface area contributed by atoms with E-state index in [1.165, 1.54) is 0 Å². The van der Waals surface area contributed by atoms with Crippen molar-refractivity contribution in [3.8, 4) is 0 Å². The summed E-state index contributed by atoms with van der Waals surface area (Å²) in [5, 5.41) is 6.79. The number of benzene rings is 1. The number of carbonyl (C=O) groups excluding carboxylic acids is 1. The van der Waals surface area contributed by atoms with Crippen LogP contribution in [0.1, 0.15) is 50.3 Å². The summed E-state index contributed by atoms with van der Waals surface area (Å²) in [5.41, 5.74) is 2.28. The molecule has 1 aromatic carbocycles. The molecule has 2 heterocycles. The van der Waals surface area contributed by atoms with E-state index in [0.717, 1.165) is 22.3 Å². The molecule has 160 valence electrons. The Morgan fingerprint density at radius 1 is 1.13 bits per heavy atom. The highest BCUT2D eigenvalue weighted by Crippen LogP contribution is 2.39. The number of rotatable bonds is 6. The maximum absolute atomic E-state index is 12.3. The van der Waals surface area contributed by atoms with Crippen molar-refractivity contribution >= 4 is 19.3 Å². The number of alkyl carbamates (subject to hydrolysis) is 1. The molecular formula is C22H29BN2O5. The molecule has 1 saturated heterocycles. The van der Waals surface area contributed by atoms with Crippen LogP contribution in [0.2, 0.25) is 0 Å². The zero-order valence-electron chi connectivity index (χ0n) is 18.4. The van der Waals surface area contributed by atoms with E-state index in [1.807, 2.05) is 78.0 Å². The summed E-state index contributed by atoms with van der Waals surface area (Å²) in [4.78, 5) is 12.3. The van der Waals surface area contributed by atoms with Crippen molar-refractivity contribution in [2.45, 2.75) is 59.4 Å². The zero-order valence-corrected chi connectivity index (χ0v) is 18.4. The normalized spacial score (nSPS) is 17.8. The molecule has 1 aliphatic heterocycles. The van der Waals surface area contributed by atoms with Gasteiger partial charge in [-0.3, -0.25) is 0 Å². The number of ether oxygens (including phenoxy) is 1. The first-order valence-corrected chi connectivity index (χ1v) is 10.0. The molecule has 2 aromatic rings. The Bertz CT molecular complexity index is 885. The van der Waals surface area contributed by atoms with E-state index in [2.05, 4.69) is 10.5 Å². The second-order valence-electron chi connectivity index (χ2n) is 8.46. The topological polar surface area (TPSA) is 82.8 Å². The van der Waals surface area contributed by atoms with Gasteiger partial charge in [-0.15, -0.1) is 0 Å². The lowest BCUT2D eigenvalue weighted by atomic mass is 9.77. The van der Waals surface area contributed by atoms with Crippen molar-refractivity contribution in [2.75, 3.05) is 6.54 Å². The van der Waals surface area contributed by atoms with Gasteiger partial charge in [0.25, 0.3) is 0 Å². The molecule has 3 rings (SSSR count). The SMILES string of the molecule is Cc1noc(C)c1C=C(CNC(=O)OCc1ccccc1)B1OC(C)(C)C(C)(C)O1. The van der Waals surface area contributed by atoms with Crippen LogP contribution in [0.15, 0.2) is 40.3 Å². The quantitative estimate of drug-likeness (QED) is 0.715. The average Bonchev–Trinajstić information content (AvgIpc) is 3.12. The molecule has 0 bridgehead atoms.